The molecule has 1 heterocycles. The summed E-state index contributed by atoms with van der Waals surface area (Å²) in [4.78, 5) is 25.4. The van der Waals surface area contributed by atoms with Crippen LogP contribution in [0.3, 0.4) is 0 Å². The second-order valence-electron chi connectivity index (χ2n) is 6.95. The third kappa shape index (κ3) is 4.59. The molecule has 4 nitrogen and oxygen atoms in total. The van der Waals surface area contributed by atoms with Crippen molar-refractivity contribution in [3.8, 4) is 0 Å². The summed E-state index contributed by atoms with van der Waals surface area (Å²) in [7, 11) is 0. The summed E-state index contributed by atoms with van der Waals surface area (Å²) in [6.07, 6.45) is 2.29. The Morgan fingerprint density at radius 1 is 1.00 bits per heavy atom. The fourth-order valence-corrected chi connectivity index (χ4v) is 3.15. The van der Waals surface area contributed by atoms with E-state index in [1.54, 1.807) is 19.2 Å². The Morgan fingerprint density at radius 3 is 2.45 bits per heavy atom. The summed E-state index contributed by atoms with van der Waals surface area (Å²) < 4.78 is 29.5. The predicted octanol–water partition coefficient (Wildman–Crippen LogP) is 3.92. The molecule has 0 saturated carbocycles. The largest absolute Gasteiger partial charge is 0.348 e. The highest BCUT2D eigenvalue weighted by Gasteiger charge is 2.18. The monoisotopic (exact) mass is 396 g/mol. The zero-order valence-electron chi connectivity index (χ0n) is 16.3. The molecule has 0 aliphatic carbocycles. The maximum absolute atomic E-state index is 14.1. The minimum absolute atomic E-state index is 0.0194. The van der Waals surface area contributed by atoms with Crippen LogP contribution >= 0.6 is 0 Å². The Balaban J connectivity index is 1.78. The molecule has 0 fully saturated rings. The van der Waals surface area contributed by atoms with Crippen molar-refractivity contribution in [2.75, 3.05) is 0 Å². The summed E-state index contributed by atoms with van der Waals surface area (Å²) >= 11 is 0. The lowest BCUT2D eigenvalue weighted by Crippen LogP contribution is -2.34. The Bertz CT molecular complexity index is 1090. The number of benzene rings is 2. The Morgan fingerprint density at radius 2 is 1.72 bits per heavy atom. The van der Waals surface area contributed by atoms with E-state index in [0.29, 0.717) is 18.5 Å². The molecule has 150 valence electrons. The first kappa shape index (κ1) is 20.5. The molecule has 0 unspecified atom stereocenters. The summed E-state index contributed by atoms with van der Waals surface area (Å²) in [6.45, 7) is 3.26. The Kier molecular flexibility index (Phi) is 6.22. The zero-order valence-corrected chi connectivity index (χ0v) is 16.3. The molecule has 1 amide bonds. The minimum atomic E-state index is -0.738. The molecular formula is C23H22F2N2O2. The van der Waals surface area contributed by atoms with Crippen LogP contribution in [0.25, 0.3) is 0 Å². The van der Waals surface area contributed by atoms with Gasteiger partial charge in [0, 0.05) is 24.8 Å². The van der Waals surface area contributed by atoms with Gasteiger partial charge in [-0.3, -0.25) is 9.59 Å². The van der Waals surface area contributed by atoms with Crippen LogP contribution in [0.1, 0.15) is 32.6 Å². The van der Waals surface area contributed by atoms with Gasteiger partial charge in [0.05, 0.1) is 0 Å². The fraction of sp³-hybridized carbons (Fsp3) is 0.217. The molecule has 3 aromatic rings. The highest BCUT2D eigenvalue weighted by molar-refractivity contribution is 5.95. The summed E-state index contributed by atoms with van der Waals surface area (Å²) in [5.41, 5.74) is 1.20. The SMILES string of the molecule is Cc1ccc(F)c(CNC(=O)c2c(C)ccn(CCc3ccccc3)c2=O)c1F. The summed E-state index contributed by atoms with van der Waals surface area (Å²) in [5, 5.41) is 2.47. The van der Waals surface area contributed by atoms with Crippen LogP contribution in [0.4, 0.5) is 8.78 Å². The van der Waals surface area contributed by atoms with Crippen molar-refractivity contribution in [2.45, 2.75) is 33.4 Å². The zero-order chi connectivity index (χ0) is 21.0. The molecule has 1 N–H and O–H groups in total. The number of nitrogens with one attached hydrogen (secondary N) is 1. The quantitative estimate of drug-likeness (QED) is 0.687. The molecule has 0 spiro atoms. The molecule has 0 radical (unpaired) electrons. The van der Waals surface area contributed by atoms with Gasteiger partial charge in [0.1, 0.15) is 17.2 Å². The van der Waals surface area contributed by atoms with Crippen LogP contribution in [0.15, 0.2) is 59.5 Å². The van der Waals surface area contributed by atoms with Crippen molar-refractivity contribution < 1.29 is 13.6 Å². The second kappa shape index (κ2) is 8.82. The van der Waals surface area contributed by atoms with E-state index in [0.717, 1.165) is 11.6 Å². The maximum atomic E-state index is 14.1. The lowest BCUT2D eigenvalue weighted by Gasteiger charge is -2.12. The van der Waals surface area contributed by atoms with Gasteiger partial charge in [0.15, 0.2) is 0 Å². The highest BCUT2D eigenvalue weighted by Crippen LogP contribution is 2.16. The molecule has 3 rings (SSSR count). The van der Waals surface area contributed by atoms with E-state index in [-0.39, 0.29) is 23.2 Å². The van der Waals surface area contributed by atoms with Gasteiger partial charge in [-0.05, 0) is 49.1 Å². The molecule has 0 atom stereocenters. The first-order valence-corrected chi connectivity index (χ1v) is 9.34. The maximum Gasteiger partial charge on any atom is 0.263 e. The van der Waals surface area contributed by atoms with Crippen LogP contribution in [0.5, 0.6) is 0 Å². The number of aromatic nitrogens is 1. The van der Waals surface area contributed by atoms with Crippen LogP contribution in [-0.4, -0.2) is 10.5 Å². The van der Waals surface area contributed by atoms with Crippen LogP contribution in [0, 0.1) is 25.5 Å². The number of hydrogen-bond donors (Lipinski definition) is 1. The van der Waals surface area contributed by atoms with Crippen molar-refractivity contribution in [2.24, 2.45) is 0 Å². The third-order valence-electron chi connectivity index (χ3n) is 4.89. The number of amides is 1. The van der Waals surface area contributed by atoms with E-state index in [4.69, 9.17) is 0 Å². The molecule has 2 aromatic carbocycles. The van der Waals surface area contributed by atoms with Gasteiger partial charge in [-0.15, -0.1) is 0 Å². The highest BCUT2D eigenvalue weighted by atomic mass is 19.1. The lowest BCUT2D eigenvalue weighted by molar-refractivity contribution is 0.0947. The van der Waals surface area contributed by atoms with Crippen LogP contribution < -0.4 is 10.9 Å². The molecule has 1 aromatic heterocycles. The van der Waals surface area contributed by atoms with Gasteiger partial charge < -0.3 is 9.88 Å². The van der Waals surface area contributed by atoms with E-state index < -0.39 is 23.1 Å². The Hall–Kier alpha value is -3.28. The number of nitrogens with zero attached hydrogens (tertiary/aromatic N) is 1. The lowest BCUT2D eigenvalue weighted by atomic mass is 10.1. The number of carbonyl (C=O) groups is 1. The molecule has 0 saturated heterocycles. The summed E-state index contributed by atoms with van der Waals surface area (Å²) in [6, 6.07) is 13.9. The molecule has 0 bridgehead atoms. The average Bonchev–Trinajstić information content (AvgIpc) is 2.71. The first-order chi connectivity index (χ1) is 13.9. The topological polar surface area (TPSA) is 51.1 Å². The second-order valence-corrected chi connectivity index (χ2v) is 6.95. The normalized spacial score (nSPS) is 10.8. The number of pyridine rings is 1. The van der Waals surface area contributed by atoms with Gasteiger partial charge in [0.25, 0.3) is 11.5 Å². The summed E-state index contributed by atoms with van der Waals surface area (Å²) in [5.74, 6) is -2.09. The van der Waals surface area contributed by atoms with Crippen LogP contribution in [-0.2, 0) is 19.5 Å². The van der Waals surface area contributed by atoms with Crippen molar-refractivity contribution in [3.05, 3.63) is 105 Å². The van der Waals surface area contributed by atoms with Gasteiger partial charge in [0.2, 0.25) is 0 Å². The van der Waals surface area contributed by atoms with Crippen molar-refractivity contribution in [1.82, 2.24) is 9.88 Å². The first-order valence-electron chi connectivity index (χ1n) is 9.34. The fourth-order valence-electron chi connectivity index (χ4n) is 3.15. The molecule has 29 heavy (non-hydrogen) atoms. The molecule has 0 aliphatic heterocycles. The van der Waals surface area contributed by atoms with E-state index >= 15 is 0 Å². The van der Waals surface area contributed by atoms with E-state index in [9.17, 15) is 18.4 Å². The average molecular weight is 396 g/mol. The predicted molar refractivity (Wildman–Crippen MR) is 108 cm³/mol. The van der Waals surface area contributed by atoms with Crippen molar-refractivity contribution in [1.29, 1.82) is 0 Å². The Labute approximate surface area is 167 Å². The van der Waals surface area contributed by atoms with E-state index in [2.05, 4.69) is 5.32 Å². The smallest absolute Gasteiger partial charge is 0.263 e. The third-order valence-corrected chi connectivity index (χ3v) is 4.89. The van der Waals surface area contributed by atoms with Crippen molar-refractivity contribution in [3.63, 3.8) is 0 Å². The number of aryl methyl sites for hydroxylation is 4. The van der Waals surface area contributed by atoms with Gasteiger partial charge in [-0.2, -0.15) is 0 Å². The number of halogens is 2. The number of hydrogen-bond acceptors (Lipinski definition) is 2. The van der Waals surface area contributed by atoms with Gasteiger partial charge in [-0.1, -0.05) is 36.4 Å². The molecule has 0 aliphatic rings. The van der Waals surface area contributed by atoms with Crippen molar-refractivity contribution >= 4 is 5.91 Å². The van der Waals surface area contributed by atoms with Gasteiger partial charge in [-0.25, -0.2) is 8.78 Å². The number of carbonyl (C=O) groups excluding carboxylic acids is 1. The standard InChI is InChI=1S/C23H22F2N2O2/c1-15-10-12-27(13-11-17-6-4-3-5-7-17)23(29)20(15)22(28)26-14-18-19(24)9-8-16(2)21(18)25/h3-10,12H,11,13-14H2,1-2H3,(H,26,28). The van der Waals surface area contributed by atoms with E-state index in [1.807, 2.05) is 30.3 Å². The van der Waals surface area contributed by atoms with Gasteiger partial charge >= 0.3 is 0 Å². The van der Waals surface area contributed by atoms with E-state index in [1.165, 1.54) is 17.6 Å². The minimum Gasteiger partial charge on any atom is -0.348 e. The van der Waals surface area contributed by atoms with Crippen LogP contribution in [0.2, 0.25) is 0 Å². The molecular weight excluding hydrogens is 374 g/mol. The molecule has 6 heteroatoms. The number of rotatable bonds is 6.